The lowest BCUT2D eigenvalue weighted by Gasteiger charge is -2.07. The lowest BCUT2D eigenvalue weighted by atomic mass is 10.0. The maximum absolute atomic E-state index is 11.5. The number of aliphatic hydroxyl groups is 1. The van der Waals surface area contributed by atoms with E-state index in [0.717, 1.165) is 6.07 Å². The van der Waals surface area contributed by atoms with Gasteiger partial charge in [-0.3, -0.25) is 14.4 Å². The number of benzene rings is 1. The van der Waals surface area contributed by atoms with E-state index in [0.29, 0.717) is 0 Å². The third-order valence-corrected chi connectivity index (χ3v) is 2.05. The molecule has 0 aromatic heterocycles. The summed E-state index contributed by atoms with van der Waals surface area (Å²) < 4.78 is 0. The van der Waals surface area contributed by atoms with Gasteiger partial charge in [-0.05, 0) is 18.2 Å². The van der Waals surface area contributed by atoms with Crippen LogP contribution in [0.2, 0.25) is 0 Å². The molecule has 1 rings (SSSR count). The summed E-state index contributed by atoms with van der Waals surface area (Å²) in [6.45, 7) is -0.575. The second-order valence-electron chi connectivity index (χ2n) is 3.15. The van der Waals surface area contributed by atoms with Crippen molar-refractivity contribution in [2.24, 2.45) is 11.5 Å². The van der Waals surface area contributed by atoms with Gasteiger partial charge in [0.1, 0.15) is 6.73 Å². The maximum atomic E-state index is 11.5. The molecular formula is C10H11N3O4. The Morgan fingerprint density at radius 2 is 1.76 bits per heavy atom. The van der Waals surface area contributed by atoms with E-state index >= 15 is 0 Å². The molecule has 17 heavy (non-hydrogen) atoms. The highest BCUT2D eigenvalue weighted by atomic mass is 16.3. The van der Waals surface area contributed by atoms with Crippen molar-refractivity contribution in [3.8, 4) is 0 Å². The molecule has 0 atom stereocenters. The van der Waals surface area contributed by atoms with Gasteiger partial charge in [-0.1, -0.05) is 0 Å². The molecule has 90 valence electrons. The summed E-state index contributed by atoms with van der Waals surface area (Å²) in [5.74, 6) is -2.27. The molecule has 0 radical (unpaired) electrons. The van der Waals surface area contributed by atoms with Crippen molar-refractivity contribution in [3.05, 3.63) is 34.9 Å². The standard InChI is InChI=1S/C10H11N3O4/c11-8(15)5-1-2-6(10(17)13-4-14)7(3-5)9(12)16/h1-3,14H,4H2,(H2,11,15)(H2,12,16)(H,13,17). The van der Waals surface area contributed by atoms with Crippen LogP contribution in [0.15, 0.2) is 18.2 Å². The third-order valence-electron chi connectivity index (χ3n) is 2.05. The summed E-state index contributed by atoms with van der Waals surface area (Å²) in [4.78, 5) is 33.5. The Morgan fingerprint density at radius 3 is 2.24 bits per heavy atom. The van der Waals surface area contributed by atoms with Crippen LogP contribution < -0.4 is 16.8 Å². The minimum atomic E-state index is -0.865. The minimum absolute atomic E-state index is 0.0310. The summed E-state index contributed by atoms with van der Waals surface area (Å²) in [5, 5.41) is 10.6. The van der Waals surface area contributed by atoms with Crippen LogP contribution in [0.1, 0.15) is 31.1 Å². The predicted octanol–water partition coefficient (Wildman–Crippen LogP) is -1.44. The fraction of sp³-hybridized carbons (Fsp3) is 0.100. The molecule has 6 N–H and O–H groups in total. The van der Waals surface area contributed by atoms with Crippen molar-refractivity contribution in [2.45, 2.75) is 0 Å². The zero-order valence-electron chi connectivity index (χ0n) is 8.77. The van der Waals surface area contributed by atoms with Gasteiger partial charge < -0.3 is 21.9 Å². The Bertz CT molecular complexity index is 484. The number of amides is 3. The van der Waals surface area contributed by atoms with Gasteiger partial charge in [0.25, 0.3) is 5.91 Å². The number of carbonyl (C=O) groups excluding carboxylic acids is 3. The number of nitrogens with two attached hydrogens (primary N) is 2. The summed E-state index contributed by atoms with van der Waals surface area (Å²) in [6, 6.07) is 3.67. The number of carbonyl (C=O) groups is 3. The van der Waals surface area contributed by atoms with Gasteiger partial charge in [0.15, 0.2) is 0 Å². The van der Waals surface area contributed by atoms with E-state index in [9.17, 15) is 14.4 Å². The Kier molecular flexibility index (Phi) is 3.78. The summed E-state index contributed by atoms with van der Waals surface area (Å²) in [6.07, 6.45) is 0. The molecule has 7 nitrogen and oxygen atoms in total. The molecule has 0 aliphatic rings. The normalized spacial score (nSPS) is 9.71. The van der Waals surface area contributed by atoms with Gasteiger partial charge >= 0.3 is 0 Å². The Morgan fingerprint density at radius 1 is 1.12 bits per heavy atom. The second kappa shape index (κ2) is 5.08. The molecule has 7 heteroatoms. The quantitative estimate of drug-likeness (QED) is 0.477. The Balaban J connectivity index is 3.27. The molecule has 0 saturated heterocycles. The van der Waals surface area contributed by atoms with Crippen molar-refractivity contribution in [2.75, 3.05) is 6.73 Å². The van der Waals surface area contributed by atoms with Gasteiger partial charge in [-0.2, -0.15) is 0 Å². The molecule has 0 fully saturated rings. The average molecular weight is 237 g/mol. The van der Waals surface area contributed by atoms with Crippen molar-refractivity contribution < 1.29 is 19.5 Å². The van der Waals surface area contributed by atoms with Gasteiger partial charge in [0.05, 0.1) is 11.1 Å². The highest BCUT2D eigenvalue weighted by Gasteiger charge is 2.16. The highest BCUT2D eigenvalue weighted by Crippen LogP contribution is 2.11. The summed E-state index contributed by atoms with van der Waals surface area (Å²) >= 11 is 0. The molecule has 0 heterocycles. The van der Waals surface area contributed by atoms with E-state index < -0.39 is 24.5 Å². The first-order chi connectivity index (χ1) is 7.97. The first-order valence-electron chi connectivity index (χ1n) is 4.60. The molecule has 0 saturated carbocycles. The molecule has 0 aliphatic heterocycles. The molecular weight excluding hydrogens is 226 g/mol. The molecule has 0 bridgehead atoms. The number of rotatable bonds is 4. The number of primary amides is 2. The number of hydrogen-bond donors (Lipinski definition) is 4. The monoisotopic (exact) mass is 237 g/mol. The molecule has 3 amide bonds. The van der Waals surface area contributed by atoms with Crippen LogP contribution in [-0.2, 0) is 0 Å². The van der Waals surface area contributed by atoms with Crippen molar-refractivity contribution >= 4 is 17.7 Å². The van der Waals surface area contributed by atoms with Crippen LogP contribution in [0.25, 0.3) is 0 Å². The van der Waals surface area contributed by atoms with Crippen LogP contribution in [0.4, 0.5) is 0 Å². The first kappa shape index (κ1) is 12.7. The van der Waals surface area contributed by atoms with Crippen LogP contribution in [-0.4, -0.2) is 29.6 Å². The zero-order chi connectivity index (χ0) is 13.0. The number of aliphatic hydroxyl groups excluding tert-OH is 1. The van der Waals surface area contributed by atoms with Gasteiger partial charge in [0, 0.05) is 5.56 Å². The average Bonchev–Trinajstić information content (AvgIpc) is 2.28. The van der Waals surface area contributed by atoms with Crippen LogP contribution in [0, 0.1) is 0 Å². The van der Waals surface area contributed by atoms with Crippen LogP contribution in [0.3, 0.4) is 0 Å². The Labute approximate surface area is 96.4 Å². The molecule has 0 unspecified atom stereocenters. The maximum Gasteiger partial charge on any atom is 0.253 e. The smallest absolute Gasteiger partial charge is 0.253 e. The minimum Gasteiger partial charge on any atom is -0.376 e. The van der Waals surface area contributed by atoms with Gasteiger partial charge in [-0.25, -0.2) is 0 Å². The SMILES string of the molecule is NC(=O)c1ccc(C(=O)NCO)c(C(N)=O)c1. The molecule has 0 spiro atoms. The topological polar surface area (TPSA) is 136 Å². The molecule has 1 aromatic rings. The fourth-order valence-electron chi connectivity index (χ4n) is 1.27. The zero-order valence-corrected chi connectivity index (χ0v) is 8.77. The van der Waals surface area contributed by atoms with Gasteiger partial charge in [-0.15, -0.1) is 0 Å². The predicted molar refractivity (Wildman–Crippen MR) is 58.0 cm³/mol. The lowest BCUT2D eigenvalue weighted by Crippen LogP contribution is -2.28. The van der Waals surface area contributed by atoms with Crippen molar-refractivity contribution in [1.82, 2.24) is 5.32 Å². The van der Waals surface area contributed by atoms with Crippen LogP contribution in [0.5, 0.6) is 0 Å². The third kappa shape index (κ3) is 2.79. The van der Waals surface area contributed by atoms with E-state index in [1.54, 1.807) is 0 Å². The lowest BCUT2D eigenvalue weighted by molar-refractivity contribution is 0.0897. The van der Waals surface area contributed by atoms with Crippen LogP contribution >= 0.6 is 0 Å². The second-order valence-corrected chi connectivity index (χ2v) is 3.15. The Hall–Kier alpha value is -2.41. The van der Waals surface area contributed by atoms with E-state index in [1.165, 1.54) is 12.1 Å². The summed E-state index contributed by atoms with van der Waals surface area (Å²) in [5.41, 5.74) is 10.0. The first-order valence-corrected chi connectivity index (χ1v) is 4.60. The van der Waals surface area contributed by atoms with Gasteiger partial charge in [0.2, 0.25) is 11.8 Å². The number of hydrogen-bond acceptors (Lipinski definition) is 4. The summed E-state index contributed by atoms with van der Waals surface area (Å²) in [7, 11) is 0. The van der Waals surface area contributed by atoms with E-state index in [2.05, 4.69) is 5.32 Å². The largest absolute Gasteiger partial charge is 0.376 e. The fourth-order valence-corrected chi connectivity index (χ4v) is 1.27. The molecule has 1 aromatic carbocycles. The van der Waals surface area contributed by atoms with Crippen molar-refractivity contribution in [1.29, 1.82) is 0 Å². The van der Waals surface area contributed by atoms with E-state index in [-0.39, 0.29) is 16.7 Å². The van der Waals surface area contributed by atoms with Crippen molar-refractivity contribution in [3.63, 3.8) is 0 Å². The number of nitrogens with one attached hydrogen (secondary N) is 1. The van der Waals surface area contributed by atoms with E-state index in [1.807, 2.05) is 0 Å². The molecule has 0 aliphatic carbocycles. The highest BCUT2D eigenvalue weighted by molar-refractivity contribution is 6.08. The van der Waals surface area contributed by atoms with E-state index in [4.69, 9.17) is 16.6 Å².